The highest BCUT2D eigenvalue weighted by Crippen LogP contribution is 2.23. The van der Waals surface area contributed by atoms with Crippen molar-refractivity contribution in [2.75, 3.05) is 13.2 Å². The highest BCUT2D eigenvalue weighted by atomic mass is 16.7. The van der Waals surface area contributed by atoms with Crippen LogP contribution in [-0.4, -0.2) is 19.5 Å². The van der Waals surface area contributed by atoms with Crippen LogP contribution in [0.1, 0.15) is 98.8 Å². The highest BCUT2D eigenvalue weighted by molar-refractivity contribution is 5.00. The van der Waals surface area contributed by atoms with Crippen molar-refractivity contribution in [2.45, 2.75) is 105 Å². The Morgan fingerprint density at radius 1 is 0.640 bits per heavy atom. The largest absolute Gasteiger partial charge is 0.339 e. The van der Waals surface area contributed by atoms with Gasteiger partial charge in [0.2, 0.25) is 0 Å². The normalized spacial score (nSPS) is 11.0. The van der Waals surface area contributed by atoms with Crippen molar-refractivity contribution < 1.29 is 9.47 Å². The van der Waals surface area contributed by atoms with Gasteiger partial charge in [-0.1, -0.05) is 85.0 Å². The summed E-state index contributed by atoms with van der Waals surface area (Å²) in [5, 5.41) is 0. The van der Waals surface area contributed by atoms with E-state index in [1.54, 1.807) is 0 Å². The van der Waals surface area contributed by atoms with Crippen molar-refractivity contribution >= 4 is 0 Å². The van der Waals surface area contributed by atoms with Crippen molar-refractivity contribution in [1.82, 2.24) is 0 Å². The van der Waals surface area contributed by atoms with Crippen LogP contribution in [-0.2, 0) is 9.47 Å². The maximum Gasteiger partial charge on any atom is 0.164 e. The molecule has 0 N–H and O–H groups in total. The quantitative estimate of drug-likeness (QED) is 0.233. The van der Waals surface area contributed by atoms with Gasteiger partial charge in [0.1, 0.15) is 13.2 Å². The second-order valence-corrected chi connectivity index (χ2v) is 7.65. The maximum atomic E-state index is 5.83. The number of rotatable bonds is 12. The molecule has 0 saturated heterocycles. The second kappa shape index (κ2) is 16.5. The molecule has 2 heteroatoms. The fourth-order valence-electron chi connectivity index (χ4n) is 2.34. The third-order valence-electron chi connectivity index (χ3n) is 3.88. The molecule has 25 heavy (non-hydrogen) atoms. The molecule has 0 aromatic heterocycles. The van der Waals surface area contributed by atoms with Gasteiger partial charge in [0.05, 0.1) is 0 Å². The van der Waals surface area contributed by atoms with E-state index in [0.717, 1.165) is 12.8 Å². The van der Waals surface area contributed by atoms with Crippen molar-refractivity contribution in [3.63, 3.8) is 0 Å². The van der Waals surface area contributed by atoms with Crippen LogP contribution in [0.4, 0.5) is 0 Å². The lowest BCUT2D eigenvalue weighted by Crippen LogP contribution is -2.32. The summed E-state index contributed by atoms with van der Waals surface area (Å²) in [5.74, 6) is 12.6. The van der Waals surface area contributed by atoms with E-state index in [9.17, 15) is 0 Å². The summed E-state index contributed by atoms with van der Waals surface area (Å²) in [6.07, 6.45) is 11.7. The van der Waals surface area contributed by atoms with Crippen LogP contribution in [0.3, 0.4) is 0 Å². The van der Waals surface area contributed by atoms with Crippen molar-refractivity contribution in [2.24, 2.45) is 5.41 Å². The molecule has 0 unspecified atom stereocenters. The summed E-state index contributed by atoms with van der Waals surface area (Å²) in [4.78, 5) is 0. The molecule has 0 aromatic rings. The molecule has 0 aliphatic heterocycles. The van der Waals surface area contributed by atoms with Gasteiger partial charge >= 0.3 is 0 Å². The molecule has 0 radical (unpaired) electrons. The predicted octanol–water partition coefficient (Wildman–Crippen LogP) is 6.34. The van der Waals surface area contributed by atoms with Crippen LogP contribution in [0.2, 0.25) is 0 Å². The predicted molar refractivity (Wildman–Crippen MR) is 108 cm³/mol. The SMILES string of the molecule is CCCCCCC#CCOC(OCC#CCCCCCC)C(C)(C)C. The first-order valence-corrected chi connectivity index (χ1v) is 10.2. The van der Waals surface area contributed by atoms with Crippen LogP contribution >= 0.6 is 0 Å². The fourth-order valence-corrected chi connectivity index (χ4v) is 2.34. The smallest absolute Gasteiger partial charge is 0.164 e. The van der Waals surface area contributed by atoms with Gasteiger partial charge in [0, 0.05) is 18.3 Å². The maximum absolute atomic E-state index is 5.83. The molecule has 0 rings (SSSR count). The minimum absolute atomic E-state index is 0.0778. The monoisotopic (exact) mass is 348 g/mol. The zero-order valence-electron chi connectivity index (χ0n) is 17.4. The van der Waals surface area contributed by atoms with E-state index < -0.39 is 0 Å². The van der Waals surface area contributed by atoms with E-state index in [1.165, 1.54) is 51.4 Å². The molecule has 0 aliphatic carbocycles. The molecule has 0 bridgehead atoms. The first kappa shape index (κ1) is 24.0. The van der Waals surface area contributed by atoms with E-state index in [-0.39, 0.29) is 11.7 Å². The zero-order valence-corrected chi connectivity index (χ0v) is 17.4. The molecule has 0 heterocycles. The Kier molecular flexibility index (Phi) is 15.9. The second-order valence-electron chi connectivity index (χ2n) is 7.65. The lowest BCUT2D eigenvalue weighted by Gasteiger charge is -2.29. The van der Waals surface area contributed by atoms with E-state index >= 15 is 0 Å². The zero-order chi connectivity index (χ0) is 18.8. The highest BCUT2D eigenvalue weighted by Gasteiger charge is 2.25. The molecule has 0 fully saturated rings. The Bertz CT molecular complexity index is 377. The summed E-state index contributed by atoms with van der Waals surface area (Å²) in [5.41, 5.74) is -0.0778. The first-order valence-electron chi connectivity index (χ1n) is 10.2. The number of unbranched alkanes of at least 4 members (excludes halogenated alkanes) is 8. The standard InChI is InChI=1S/C23H40O2/c1-6-8-10-12-14-16-18-20-24-22(23(3,4)5)25-21-19-17-15-13-11-9-7-2/h22H,6-15,20-21H2,1-5H3. The lowest BCUT2D eigenvalue weighted by molar-refractivity contribution is -0.179. The average Bonchev–Trinajstić information content (AvgIpc) is 2.56. The summed E-state index contributed by atoms with van der Waals surface area (Å²) < 4.78 is 11.7. The van der Waals surface area contributed by atoms with E-state index in [1.807, 2.05) is 0 Å². The van der Waals surface area contributed by atoms with Gasteiger partial charge in [-0.15, -0.1) is 11.8 Å². The van der Waals surface area contributed by atoms with E-state index in [0.29, 0.717) is 13.2 Å². The van der Waals surface area contributed by atoms with Gasteiger partial charge < -0.3 is 9.47 Å². The van der Waals surface area contributed by atoms with Crippen molar-refractivity contribution in [1.29, 1.82) is 0 Å². The Morgan fingerprint density at radius 3 is 1.44 bits per heavy atom. The summed E-state index contributed by atoms with van der Waals surface area (Å²) >= 11 is 0. The summed E-state index contributed by atoms with van der Waals surface area (Å²) in [6, 6.07) is 0. The molecule has 0 spiro atoms. The van der Waals surface area contributed by atoms with Crippen LogP contribution in [0.5, 0.6) is 0 Å². The van der Waals surface area contributed by atoms with Crippen LogP contribution in [0.25, 0.3) is 0 Å². The van der Waals surface area contributed by atoms with Crippen LogP contribution in [0, 0.1) is 29.1 Å². The fraction of sp³-hybridized carbons (Fsp3) is 0.826. The number of hydrogen-bond acceptors (Lipinski definition) is 2. The molecule has 0 atom stereocenters. The third-order valence-corrected chi connectivity index (χ3v) is 3.88. The molecule has 0 aromatic carbocycles. The minimum atomic E-state index is -0.267. The Hall–Kier alpha value is -0.960. The number of ether oxygens (including phenoxy) is 2. The van der Waals surface area contributed by atoms with Gasteiger partial charge in [0.15, 0.2) is 6.29 Å². The molecule has 0 amide bonds. The molecule has 0 aliphatic rings. The first-order chi connectivity index (χ1) is 12.0. The van der Waals surface area contributed by atoms with Gasteiger partial charge in [-0.05, 0) is 12.8 Å². The van der Waals surface area contributed by atoms with Gasteiger partial charge in [-0.2, -0.15) is 0 Å². The topological polar surface area (TPSA) is 18.5 Å². The van der Waals surface area contributed by atoms with Gasteiger partial charge in [-0.25, -0.2) is 0 Å². The number of hydrogen-bond donors (Lipinski definition) is 0. The van der Waals surface area contributed by atoms with Gasteiger partial charge in [-0.3, -0.25) is 0 Å². The Labute approximate surface area is 157 Å². The molecular formula is C23H40O2. The van der Waals surface area contributed by atoms with Crippen LogP contribution in [0.15, 0.2) is 0 Å². The molecule has 0 saturated carbocycles. The van der Waals surface area contributed by atoms with Gasteiger partial charge in [0.25, 0.3) is 0 Å². The van der Waals surface area contributed by atoms with Crippen molar-refractivity contribution in [3.05, 3.63) is 0 Å². The molecular weight excluding hydrogens is 308 g/mol. The van der Waals surface area contributed by atoms with Crippen molar-refractivity contribution in [3.8, 4) is 23.7 Å². The Morgan fingerprint density at radius 2 is 1.08 bits per heavy atom. The summed E-state index contributed by atoms with van der Waals surface area (Å²) in [7, 11) is 0. The lowest BCUT2D eigenvalue weighted by atomic mass is 9.96. The summed E-state index contributed by atoms with van der Waals surface area (Å²) in [6.45, 7) is 11.7. The van der Waals surface area contributed by atoms with Crippen LogP contribution < -0.4 is 0 Å². The minimum Gasteiger partial charge on any atom is -0.339 e. The van der Waals surface area contributed by atoms with E-state index in [2.05, 4.69) is 58.3 Å². The Balaban J connectivity index is 3.99. The van der Waals surface area contributed by atoms with E-state index in [4.69, 9.17) is 9.47 Å². The molecule has 144 valence electrons. The third kappa shape index (κ3) is 16.3. The average molecular weight is 349 g/mol. The molecule has 2 nitrogen and oxygen atoms in total.